The van der Waals surface area contributed by atoms with E-state index in [9.17, 15) is 0 Å². The highest BCUT2D eigenvalue weighted by molar-refractivity contribution is 5.48. The largest absolute Gasteiger partial charge is 0.488 e. The smallest absolute Gasteiger partial charge is 0.120 e. The van der Waals surface area contributed by atoms with Gasteiger partial charge < -0.3 is 9.47 Å². The summed E-state index contributed by atoms with van der Waals surface area (Å²) in [6.45, 7) is 10.4. The highest BCUT2D eigenvalue weighted by atomic mass is 16.6. The second kappa shape index (κ2) is 4.63. The van der Waals surface area contributed by atoms with E-state index in [1.54, 1.807) is 0 Å². The average molecular weight is 272 g/mol. The molecule has 0 spiro atoms. The maximum Gasteiger partial charge on any atom is 0.120 e. The molecule has 2 aliphatic rings. The van der Waals surface area contributed by atoms with Gasteiger partial charge in [0, 0.05) is 5.92 Å². The fourth-order valence-electron chi connectivity index (χ4n) is 3.34. The molecule has 108 valence electrons. The lowest BCUT2D eigenvalue weighted by Crippen LogP contribution is -2.41. The van der Waals surface area contributed by atoms with Crippen LogP contribution in [-0.2, 0) is 4.74 Å². The van der Waals surface area contributed by atoms with Crippen LogP contribution in [0.5, 0.6) is 5.75 Å². The van der Waals surface area contributed by atoms with Crippen LogP contribution in [-0.4, -0.2) is 17.3 Å². The van der Waals surface area contributed by atoms with Gasteiger partial charge in [0.05, 0.1) is 11.7 Å². The van der Waals surface area contributed by atoms with Gasteiger partial charge in [0.15, 0.2) is 0 Å². The van der Waals surface area contributed by atoms with E-state index in [1.807, 2.05) is 30.3 Å². The molecule has 0 amide bonds. The van der Waals surface area contributed by atoms with E-state index in [-0.39, 0.29) is 11.2 Å². The van der Waals surface area contributed by atoms with Gasteiger partial charge in [-0.3, -0.25) is 0 Å². The summed E-state index contributed by atoms with van der Waals surface area (Å²) in [5.74, 6) is 1.49. The van der Waals surface area contributed by atoms with E-state index in [4.69, 9.17) is 9.47 Å². The Morgan fingerprint density at radius 3 is 2.65 bits per heavy atom. The molecule has 0 N–H and O–H groups in total. The zero-order chi connectivity index (χ0) is 14.4. The van der Waals surface area contributed by atoms with Crippen LogP contribution in [0.25, 0.3) is 6.08 Å². The second-order valence-electron chi connectivity index (χ2n) is 6.87. The Labute approximate surface area is 121 Å². The molecule has 3 unspecified atom stereocenters. The van der Waals surface area contributed by atoms with E-state index in [1.165, 1.54) is 6.42 Å². The van der Waals surface area contributed by atoms with Gasteiger partial charge in [0.25, 0.3) is 0 Å². The number of epoxide rings is 1. The molecule has 1 heterocycles. The maximum atomic E-state index is 6.25. The molecule has 0 bridgehead atoms. The van der Waals surface area contributed by atoms with Crippen molar-refractivity contribution in [2.24, 2.45) is 5.92 Å². The van der Waals surface area contributed by atoms with E-state index in [0.717, 1.165) is 24.2 Å². The average Bonchev–Trinajstić information content (AvgIpc) is 3.09. The molecule has 20 heavy (non-hydrogen) atoms. The summed E-state index contributed by atoms with van der Waals surface area (Å²) >= 11 is 0. The van der Waals surface area contributed by atoms with Gasteiger partial charge in [-0.25, -0.2) is 0 Å². The molecule has 3 atom stereocenters. The number of fused-ring (bicyclic) bond motifs is 1. The molecule has 1 aromatic rings. The fourth-order valence-corrected chi connectivity index (χ4v) is 3.34. The lowest BCUT2D eigenvalue weighted by Gasteiger charge is -2.37. The van der Waals surface area contributed by atoms with Gasteiger partial charge in [-0.15, -0.1) is 0 Å². The van der Waals surface area contributed by atoms with E-state index in [2.05, 4.69) is 27.4 Å². The third-order valence-corrected chi connectivity index (χ3v) is 5.00. The van der Waals surface area contributed by atoms with Crippen molar-refractivity contribution in [3.8, 4) is 5.75 Å². The number of hydrogen-bond donors (Lipinski definition) is 0. The van der Waals surface area contributed by atoms with Crippen molar-refractivity contribution in [1.82, 2.24) is 0 Å². The topological polar surface area (TPSA) is 21.8 Å². The number of ether oxygens (including phenoxy) is 2. The van der Waals surface area contributed by atoms with Crippen molar-refractivity contribution in [3.05, 3.63) is 36.4 Å². The standard InChI is InChI=1S/C18H24O2/c1-5-13-6-8-15(9-7-13)19-17(2,3)14-10-11-18(4)16(12-14)20-18/h5-9,14,16H,1,10-12H2,2-4H3. The van der Waals surface area contributed by atoms with Crippen LogP contribution in [0.15, 0.2) is 30.8 Å². The van der Waals surface area contributed by atoms with Crippen LogP contribution in [0.3, 0.4) is 0 Å². The maximum absolute atomic E-state index is 6.25. The molecular formula is C18H24O2. The van der Waals surface area contributed by atoms with Crippen molar-refractivity contribution < 1.29 is 9.47 Å². The predicted molar refractivity (Wildman–Crippen MR) is 81.9 cm³/mol. The molecule has 0 aromatic heterocycles. The minimum atomic E-state index is -0.150. The number of benzene rings is 1. The Bertz CT molecular complexity index is 503. The summed E-state index contributed by atoms with van der Waals surface area (Å²) in [6, 6.07) is 8.14. The Kier molecular flexibility index (Phi) is 3.17. The summed E-state index contributed by atoms with van der Waals surface area (Å²) in [7, 11) is 0. The third kappa shape index (κ3) is 2.49. The minimum absolute atomic E-state index is 0.150. The van der Waals surface area contributed by atoms with Crippen molar-refractivity contribution in [2.75, 3.05) is 0 Å². The first-order valence-corrected chi connectivity index (χ1v) is 7.52. The summed E-state index contributed by atoms with van der Waals surface area (Å²) in [5, 5.41) is 0. The van der Waals surface area contributed by atoms with Crippen molar-refractivity contribution in [3.63, 3.8) is 0 Å². The lowest BCUT2D eigenvalue weighted by atomic mass is 9.75. The Hall–Kier alpha value is -1.28. The first kappa shape index (κ1) is 13.7. The quantitative estimate of drug-likeness (QED) is 0.756. The van der Waals surface area contributed by atoms with Crippen LogP contribution in [0.2, 0.25) is 0 Å². The molecule has 2 nitrogen and oxygen atoms in total. The van der Waals surface area contributed by atoms with Crippen LogP contribution in [0.4, 0.5) is 0 Å². The van der Waals surface area contributed by atoms with E-state index >= 15 is 0 Å². The summed E-state index contributed by atoms with van der Waals surface area (Å²) < 4.78 is 12.1. The molecular weight excluding hydrogens is 248 g/mol. The zero-order valence-corrected chi connectivity index (χ0v) is 12.7. The molecule has 2 heteroatoms. The van der Waals surface area contributed by atoms with Crippen molar-refractivity contribution in [1.29, 1.82) is 0 Å². The lowest BCUT2D eigenvalue weighted by molar-refractivity contribution is 0.0263. The van der Waals surface area contributed by atoms with Gasteiger partial charge in [0.1, 0.15) is 11.4 Å². The van der Waals surface area contributed by atoms with Gasteiger partial charge in [-0.05, 0) is 57.7 Å². The summed E-state index contributed by atoms with van der Waals surface area (Å²) in [4.78, 5) is 0. The molecule has 0 radical (unpaired) electrons. The Morgan fingerprint density at radius 1 is 1.35 bits per heavy atom. The number of rotatable bonds is 4. The van der Waals surface area contributed by atoms with Crippen LogP contribution >= 0.6 is 0 Å². The Balaban J connectivity index is 1.66. The van der Waals surface area contributed by atoms with Crippen LogP contribution in [0, 0.1) is 5.92 Å². The third-order valence-electron chi connectivity index (χ3n) is 5.00. The second-order valence-corrected chi connectivity index (χ2v) is 6.87. The van der Waals surface area contributed by atoms with Crippen LogP contribution < -0.4 is 4.74 Å². The van der Waals surface area contributed by atoms with Gasteiger partial charge in [0.2, 0.25) is 0 Å². The first-order valence-electron chi connectivity index (χ1n) is 7.52. The summed E-state index contributed by atoms with van der Waals surface area (Å²) in [6.07, 6.45) is 5.76. The zero-order valence-electron chi connectivity index (χ0n) is 12.7. The fraction of sp³-hybridized carbons (Fsp3) is 0.556. The van der Waals surface area contributed by atoms with Gasteiger partial charge >= 0.3 is 0 Å². The highest BCUT2D eigenvalue weighted by Gasteiger charge is 2.57. The molecule has 1 aliphatic heterocycles. The van der Waals surface area contributed by atoms with E-state index < -0.39 is 0 Å². The molecule has 1 saturated carbocycles. The predicted octanol–water partition coefficient (Wildman–Crippen LogP) is 4.44. The van der Waals surface area contributed by atoms with E-state index in [0.29, 0.717) is 12.0 Å². The molecule has 1 aromatic carbocycles. The minimum Gasteiger partial charge on any atom is -0.488 e. The molecule has 2 fully saturated rings. The SMILES string of the molecule is C=Cc1ccc(OC(C)(C)C2CCC3(C)OC3C2)cc1. The van der Waals surface area contributed by atoms with Gasteiger partial charge in [-0.2, -0.15) is 0 Å². The normalized spacial score (nSPS) is 32.4. The molecule has 3 rings (SSSR count). The van der Waals surface area contributed by atoms with Crippen LogP contribution in [0.1, 0.15) is 45.6 Å². The first-order chi connectivity index (χ1) is 9.43. The molecule has 1 aliphatic carbocycles. The highest BCUT2D eigenvalue weighted by Crippen LogP contribution is 2.51. The number of hydrogen-bond acceptors (Lipinski definition) is 2. The Morgan fingerprint density at radius 2 is 2.05 bits per heavy atom. The molecule has 1 saturated heterocycles. The van der Waals surface area contributed by atoms with Crippen molar-refractivity contribution in [2.45, 2.75) is 57.3 Å². The van der Waals surface area contributed by atoms with Gasteiger partial charge in [-0.1, -0.05) is 24.8 Å². The monoisotopic (exact) mass is 272 g/mol. The van der Waals surface area contributed by atoms with Crippen molar-refractivity contribution >= 4 is 6.08 Å². The summed E-state index contributed by atoms with van der Waals surface area (Å²) in [5.41, 5.74) is 1.15.